The molecule has 1 fully saturated rings. The summed E-state index contributed by atoms with van der Waals surface area (Å²) in [6.07, 6.45) is 1.78. The molecule has 0 aromatic heterocycles. The zero-order valence-electron chi connectivity index (χ0n) is 14.3. The molecule has 1 saturated heterocycles. The van der Waals surface area contributed by atoms with Gasteiger partial charge in [0.25, 0.3) is 10.0 Å². The molecule has 6 nitrogen and oxygen atoms in total. The van der Waals surface area contributed by atoms with Gasteiger partial charge in [0.15, 0.2) is 0 Å². The number of carbonyl (C=O) groups excluding carboxylic acids is 1. The lowest BCUT2D eigenvalue weighted by atomic mass is 10.2. The number of carbonyl (C=O) groups is 1. The van der Waals surface area contributed by atoms with E-state index in [1.807, 2.05) is 11.9 Å². The highest BCUT2D eigenvalue weighted by molar-refractivity contribution is 7.92. The van der Waals surface area contributed by atoms with Crippen LogP contribution in [0.3, 0.4) is 0 Å². The topological polar surface area (TPSA) is 78.5 Å². The quantitative estimate of drug-likeness (QED) is 0.817. The standard InChI is InChI=1S/C18H20ClN3O3S/c1-22-11-5-10-17(22)18(23)20-13-6-4-7-14(12-13)26(24,25)21-16-9-3-2-8-15(16)19/h2-4,6-9,12,17,21H,5,10-11H2,1H3,(H,20,23)/t17-/m0/s1. The van der Waals surface area contributed by atoms with Gasteiger partial charge < -0.3 is 5.32 Å². The largest absolute Gasteiger partial charge is 0.325 e. The minimum Gasteiger partial charge on any atom is -0.325 e. The van der Waals surface area contributed by atoms with Crippen LogP contribution in [0.15, 0.2) is 53.4 Å². The number of nitrogens with zero attached hydrogens (tertiary/aromatic N) is 1. The molecule has 3 rings (SSSR count). The molecule has 8 heteroatoms. The molecule has 1 aliphatic rings. The Morgan fingerprint density at radius 1 is 1.19 bits per heavy atom. The van der Waals surface area contributed by atoms with Crippen molar-refractivity contribution in [3.8, 4) is 0 Å². The highest BCUT2D eigenvalue weighted by Gasteiger charge is 2.28. The molecule has 1 heterocycles. The second kappa shape index (κ2) is 7.65. The molecule has 0 spiro atoms. The molecular formula is C18H20ClN3O3S. The Bertz CT molecular complexity index is 917. The number of hydrogen-bond acceptors (Lipinski definition) is 4. The van der Waals surface area contributed by atoms with Crippen molar-refractivity contribution in [1.29, 1.82) is 0 Å². The number of sulfonamides is 1. The van der Waals surface area contributed by atoms with Gasteiger partial charge in [-0.1, -0.05) is 29.8 Å². The summed E-state index contributed by atoms with van der Waals surface area (Å²) in [6.45, 7) is 0.883. The minimum atomic E-state index is -3.82. The monoisotopic (exact) mass is 393 g/mol. The van der Waals surface area contributed by atoms with Crippen LogP contribution in [0.25, 0.3) is 0 Å². The lowest BCUT2D eigenvalue weighted by molar-refractivity contribution is -0.119. The van der Waals surface area contributed by atoms with Crippen molar-refractivity contribution in [2.24, 2.45) is 0 Å². The third-order valence-corrected chi connectivity index (χ3v) is 6.05. The van der Waals surface area contributed by atoms with Crippen LogP contribution < -0.4 is 10.0 Å². The first kappa shape index (κ1) is 18.7. The lowest BCUT2D eigenvalue weighted by Gasteiger charge is -2.19. The van der Waals surface area contributed by atoms with Crippen LogP contribution in [0.5, 0.6) is 0 Å². The van der Waals surface area contributed by atoms with Gasteiger partial charge in [0.1, 0.15) is 0 Å². The van der Waals surface area contributed by atoms with Crippen molar-refractivity contribution in [2.45, 2.75) is 23.8 Å². The Morgan fingerprint density at radius 3 is 2.65 bits per heavy atom. The van der Waals surface area contributed by atoms with E-state index in [1.165, 1.54) is 12.1 Å². The summed E-state index contributed by atoms with van der Waals surface area (Å²) in [7, 11) is -1.91. The Kier molecular flexibility index (Phi) is 5.50. The second-order valence-electron chi connectivity index (χ2n) is 6.24. The van der Waals surface area contributed by atoms with Crippen LogP contribution in [-0.2, 0) is 14.8 Å². The van der Waals surface area contributed by atoms with Gasteiger partial charge in [-0.3, -0.25) is 14.4 Å². The summed E-state index contributed by atoms with van der Waals surface area (Å²) < 4.78 is 27.7. The van der Waals surface area contributed by atoms with Gasteiger partial charge in [-0.2, -0.15) is 0 Å². The first-order valence-electron chi connectivity index (χ1n) is 8.25. The van der Waals surface area contributed by atoms with Crippen LogP contribution >= 0.6 is 11.6 Å². The van der Waals surface area contributed by atoms with Crippen LogP contribution in [0.1, 0.15) is 12.8 Å². The zero-order valence-corrected chi connectivity index (χ0v) is 15.8. The fourth-order valence-electron chi connectivity index (χ4n) is 2.96. The maximum Gasteiger partial charge on any atom is 0.262 e. The van der Waals surface area contributed by atoms with E-state index in [2.05, 4.69) is 10.0 Å². The summed E-state index contributed by atoms with van der Waals surface area (Å²) in [5.41, 5.74) is 0.744. The maximum absolute atomic E-state index is 12.6. The van der Waals surface area contributed by atoms with Gasteiger partial charge in [-0.15, -0.1) is 0 Å². The zero-order chi connectivity index (χ0) is 18.7. The number of anilines is 2. The molecule has 0 bridgehead atoms. The van der Waals surface area contributed by atoms with Crippen LogP contribution in [0.2, 0.25) is 5.02 Å². The first-order valence-corrected chi connectivity index (χ1v) is 10.1. The number of amides is 1. The van der Waals surface area contributed by atoms with Gasteiger partial charge in [0, 0.05) is 5.69 Å². The van der Waals surface area contributed by atoms with Gasteiger partial charge in [-0.05, 0) is 56.8 Å². The van der Waals surface area contributed by atoms with Gasteiger partial charge >= 0.3 is 0 Å². The minimum absolute atomic E-state index is 0.0509. The molecule has 2 N–H and O–H groups in total. The molecule has 0 saturated carbocycles. The summed E-state index contributed by atoms with van der Waals surface area (Å²) in [6, 6.07) is 12.6. The Hall–Kier alpha value is -2.09. The molecule has 138 valence electrons. The average Bonchev–Trinajstić information content (AvgIpc) is 3.03. The van der Waals surface area contributed by atoms with Crippen molar-refractivity contribution in [3.63, 3.8) is 0 Å². The number of halogens is 1. The van der Waals surface area contributed by atoms with Crippen LogP contribution in [-0.4, -0.2) is 38.9 Å². The van der Waals surface area contributed by atoms with Gasteiger partial charge in [0.05, 0.1) is 21.6 Å². The molecule has 2 aromatic rings. The second-order valence-corrected chi connectivity index (χ2v) is 8.33. The van der Waals surface area contributed by atoms with E-state index in [-0.39, 0.29) is 16.8 Å². The summed E-state index contributed by atoms with van der Waals surface area (Å²) in [4.78, 5) is 14.4. The summed E-state index contributed by atoms with van der Waals surface area (Å²) in [5, 5.41) is 3.11. The third-order valence-electron chi connectivity index (χ3n) is 4.35. The van der Waals surface area contributed by atoms with E-state index in [9.17, 15) is 13.2 Å². The van der Waals surface area contributed by atoms with Crippen molar-refractivity contribution in [1.82, 2.24) is 4.90 Å². The van der Waals surface area contributed by atoms with E-state index in [4.69, 9.17) is 11.6 Å². The molecule has 1 atom stereocenters. The predicted molar refractivity (Wildman–Crippen MR) is 103 cm³/mol. The Morgan fingerprint density at radius 2 is 1.96 bits per heavy atom. The molecule has 1 aliphatic heterocycles. The van der Waals surface area contributed by atoms with Crippen molar-refractivity contribution >= 4 is 38.9 Å². The van der Waals surface area contributed by atoms with E-state index in [0.717, 1.165) is 19.4 Å². The number of nitrogens with one attached hydrogen (secondary N) is 2. The number of rotatable bonds is 5. The Labute approximate surface area is 158 Å². The van der Waals surface area contributed by atoms with Crippen LogP contribution in [0, 0.1) is 0 Å². The van der Waals surface area contributed by atoms with Gasteiger partial charge in [0.2, 0.25) is 5.91 Å². The molecule has 0 radical (unpaired) electrons. The number of hydrogen-bond donors (Lipinski definition) is 2. The molecule has 26 heavy (non-hydrogen) atoms. The fourth-order valence-corrected chi connectivity index (χ4v) is 4.32. The van der Waals surface area contributed by atoms with Crippen molar-refractivity contribution < 1.29 is 13.2 Å². The number of para-hydroxylation sites is 1. The van der Waals surface area contributed by atoms with Crippen LogP contribution in [0.4, 0.5) is 11.4 Å². The smallest absolute Gasteiger partial charge is 0.262 e. The SMILES string of the molecule is CN1CCC[C@H]1C(=O)Nc1cccc(S(=O)(=O)Nc2ccccc2Cl)c1. The fraction of sp³-hybridized carbons (Fsp3) is 0.278. The Balaban J connectivity index is 1.78. The highest BCUT2D eigenvalue weighted by atomic mass is 35.5. The normalized spacial score (nSPS) is 17.8. The van der Waals surface area contributed by atoms with Gasteiger partial charge in [-0.25, -0.2) is 8.42 Å². The van der Waals surface area contributed by atoms with E-state index >= 15 is 0 Å². The summed E-state index contributed by atoms with van der Waals surface area (Å²) >= 11 is 6.02. The summed E-state index contributed by atoms with van der Waals surface area (Å²) in [5.74, 6) is -0.126. The highest BCUT2D eigenvalue weighted by Crippen LogP contribution is 2.25. The van der Waals surface area contributed by atoms with E-state index in [0.29, 0.717) is 16.4 Å². The molecule has 1 amide bonds. The van der Waals surface area contributed by atoms with E-state index < -0.39 is 10.0 Å². The van der Waals surface area contributed by atoms with E-state index in [1.54, 1.807) is 36.4 Å². The number of likely N-dealkylation sites (N-methyl/N-ethyl adjacent to an activating group) is 1. The third kappa shape index (κ3) is 4.17. The van der Waals surface area contributed by atoms with Crippen molar-refractivity contribution in [3.05, 3.63) is 53.6 Å². The molecule has 2 aromatic carbocycles. The predicted octanol–water partition coefficient (Wildman–Crippen LogP) is 3.17. The van der Waals surface area contributed by atoms with Crippen molar-refractivity contribution in [2.75, 3.05) is 23.6 Å². The lowest BCUT2D eigenvalue weighted by Crippen LogP contribution is -2.37. The molecular weight excluding hydrogens is 374 g/mol. The maximum atomic E-state index is 12.6. The number of likely N-dealkylation sites (tertiary alicyclic amines) is 1. The molecule has 0 aliphatic carbocycles. The first-order chi connectivity index (χ1) is 12.4. The molecule has 0 unspecified atom stereocenters. The number of benzene rings is 2. The average molecular weight is 394 g/mol.